The monoisotopic (exact) mass is 681 g/mol. The number of hydrogen-bond donors (Lipinski definition) is 3. The summed E-state index contributed by atoms with van der Waals surface area (Å²) in [6.07, 6.45) is 8.86. The predicted octanol–water partition coefficient (Wildman–Crippen LogP) is 8.10. The number of carboxylic acid groups (broad SMARTS) is 1. The zero-order chi connectivity index (χ0) is 35.9. The molecule has 7 aliphatic rings. The molecule has 1 aromatic carbocycles. The summed E-state index contributed by atoms with van der Waals surface area (Å²) in [6.45, 7) is 24.1. The van der Waals surface area contributed by atoms with Gasteiger partial charge in [-0.25, -0.2) is 4.79 Å². The largest absolute Gasteiger partial charge is 0.478 e. The molecule has 3 aliphatic heterocycles. The quantitative estimate of drug-likeness (QED) is 0.224. The van der Waals surface area contributed by atoms with Crippen molar-refractivity contribution in [1.29, 1.82) is 0 Å². The van der Waals surface area contributed by atoms with Crippen LogP contribution in [0, 0.1) is 28.6 Å². The van der Waals surface area contributed by atoms with Crippen molar-refractivity contribution in [1.82, 2.24) is 4.57 Å². The molecular weight excluding hydrogens is 626 g/mol. The lowest BCUT2D eigenvalue weighted by Gasteiger charge is -2.65. The van der Waals surface area contributed by atoms with Crippen LogP contribution in [0.1, 0.15) is 135 Å². The van der Waals surface area contributed by atoms with Crippen LogP contribution in [0.2, 0.25) is 0 Å². The van der Waals surface area contributed by atoms with E-state index in [1.165, 1.54) is 38.9 Å². The zero-order valence-corrected chi connectivity index (χ0v) is 31.4. The maximum absolute atomic E-state index is 12.2. The van der Waals surface area contributed by atoms with Gasteiger partial charge in [0.1, 0.15) is 0 Å². The molecule has 3 N–H and O–H groups in total. The highest BCUT2D eigenvalue weighted by molar-refractivity contribution is 5.97. The fraction of sp³-hybridized carbons (Fsp3) is 0.651. The van der Waals surface area contributed by atoms with E-state index < -0.39 is 40.6 Å². The van der Waals surface area contributed by atoms with Gasteiger partial charge in [-0.05, 0) is 143 Å². The Morgan fingerprint density at radius 2 is 1.74 bits per heavy atom. The van der Waals surface area contributed by atoms with Gasteiger partial charge in [-0.1, -0.05) is 32.9 Å². The van der Waals surface area contributed by atoms with Crippen LogP contribution in [0.15, 0.2) is 35.9 Å². The number of fused-ring (bicyclic) bond motifs is 13. The molecule has 0 amide bonds. The number of benzene rings is 1. The Kier molecular flexibility index (Phi) is 6.39. The third-order valence-electron chi connectivity index (χ3n) is 15.8. The molecule has 4 heterocycles. The second kappa shape index (κ2) is 9.63. The minimum atomic E-state index is -1.29. The van der Waals surface area contributed by atoms with Gasteiger partial charge >= 0.3 is 5.97 Å². The number of ether oxygens (including phenoxy) is 2. The third-order valence-corrected chi connectivity index (χ3v) is 15.8. The Morgan fingerprint density at radius 1 is 1.02 bits per heavy atom. The smallest absolute Gasteiger partial charge is 0.331 e. The van der Waals surface area contributed by atoms with E-state index in [0.717, 1.165) is 43.2 Å². The Morgan fingerprint density at radius 3 is 2.42 bits per heavy atom. The van der Waals surface area contributed by atoms with Crippen LogP contribution in [0.4, 0.5) is 0 Å². The summed E-state index contributed by atoms with van der Waals surface area (Å²) in [5.41, 5.74) is 8.70. The first-order valence-electron chi connectivity index (χ1n) is 19.0. The highest BCUT2D eigenvalue weighted by Gasteiger charge is 2.73. The zero-order valence-electron chi connectivity index (χ0n) is 31.4. The molecule has 1 aromatic heterocycles. The second-order valence-electron chi connectivity index (χ2n) is 19.2. The number of aliphatic carboxylic acids is 1. The van der Waals surface area contributed by atoms with Crippen LogP contribution < -0.4 is 0 Å². The SMILES string of the molecule is C=C(C)[C@@H]1Cc2c3c(cc4c5c(n1c24)[C@@]1(C)[C@@H](CC[C@@H]2[C@]1(C)CC[C@]1(O)O[C@H](/C=C(\C)C(=O)O)C[C@@]21C)C5)C1=CC(C)(C)OC(C)(C)[C@H]1[C@@H]3O. The van der Waals surface area contributed by atoms with Gasteiger partial charge in [-0.15, -0.1) is 0 Å². The van der Waals surface area contributed by atoms with E-state index >= 15 is 0 Å². The lowest BCUT2D eigenvalue weighted by molar-refractivity contribution is -0.294. The van der Waals surface area contributed by atoms with Crippen molar-refractivity contribution in [3.8, 4) is 0 Å². The third kappa shape index (κ3) is 3.73. The second-order valence-corrected chi connectivity index (χ2v) is 19.2. The highest BCUT2D eigenvalue weighted by Crippen LogP contribution is 2.74. The van der Waals surface area contributed by atoms with Crippen molar-refractivity contribution in [2.75, 3.05) is 0 Å². The summed E-state index contributed by atoms with van der Waals surface area (Å²) in [4.78, 5) is 11.7. The summed E-state index contributed by atoms with van der Waals surface area (Å²) in [5.74, 6) is -1.68. The maximum atomic E-state index is 12.2. The first-order valence-corrected chi connectivity index (χ1v) is 19.0. The molecule has 0 radical (unpaired) electrons. The number of hydrogen-bond acceptors (Lipinski definition) is 5. The Balaban J connectivity index is 1.23. The molecule has 268 valence electrons. The van der Waals surface area contributed by atoms with Crippen LogP contribution in [0.3, 0.4) is 0 Å². The number of allylic oxidation sites excluding steroid dienone is 1. The van der Waals surface area contributed by atoms with Crippen LogP contribution >= 0.6 is 0 Å². The average Bonchev–Trinajstić information content (AvgIpc) is 3.75. The van der Waals surface area contributed by atoms with Gasteiger partial charge < -0.3 is 29.4 Å². The molecule has 7 nitrogen and oxygen atoms in total. The molecule has 9 rings (SSSR count). The van der Waals surface area contributed by atoms with Crippen LogP contribution in [0.5, 0.6) is 0 Å². The van der Waals surface area contributed by atoms with E-state index in [-0.39, 0.29) is 34.3 Å². The van der Waals surface area contributed by atoms with Crippen molar-refractivity contribution in [3.63, 3.8) is 0 Å². The summed E-state index contributed by atoms with van der Waals surface area (Å²) < 4.78 is 15.7. The van der Waals surface area contributed by atoms with Crippen molar-refractivity contribution < 1.29 is 29.6 Å². The molecule has 0 bridgehead atoms. The Labute approximate surface area is 296 Å². The summed E-state index contributed by atoms with van der Waals surface area (Å²) in [5, 5.41) is 35.4. The van der Waals surface area contributed by atoms with Crippen LogP contribution in [0.25, 0.3) is 16.5 Å². The molecular formula is C43H55NO6. The normalized spacial score (nSPS) is 43.1. The van der Waals surface area contributed by atoms with E-state index in [1.54, 1.807) is 13.0 Å². The number of aliphatic hydroxyl groups is 2. The number of nitrogens with zero attached hydrogens (tertiary/aromatic N) is 1. The molecule has 2 saturated carbocycles. The van der Waals surface area contributed by atoms with Crippen LogP contribution in [-0.2, 0) is 32.5 Å². The number of carboxylic acids is 1. The van der Waals surface area contributed by atoms with E-state index in [9.17, 15) is 20.1 Å². The number of aromatic nitrogens is 1. The molecule has 2 aromatic rings. The lowest BCUT2D eigenvalue weighted by atomic mass is 9.40. The average molecular weight is 682 g/mol. The standard InChI is InChI=1S/C43H55NO6/c1-21(2)30-18-28-32-25(29-20-38(4,5)50-39(6,7)33(29)35(32)45)17-26-27-16-23-11-12-31-40(8,42(23,10)36(27)44(30)34(26)28)13-14-43(48)41(31,9)19-24(49-43)15-22(3)37(46)47/h15,17,20,23-24,30-31,33,35,45,48H,1,11-14,16,18-19H2,2-10H3,(H,46,47)/b22-15+/t23-,24+,30-,31+,33+,35+,40-,41-,42+,43-/m0/s1. The molecule has 7 heteroatoms. The summed E-state index contributed by atoms with van der Waals surface area (Å²) in [7, 11) is 0. The van der Waals surface area contributed by atoms with E-state index in [1.807, 2.05) is 0 Å². The highest BCUT2D eigenvalue weighted by atomic mass is 16.6. The first kappa shape index (κ1) is 33.1. The fourth-order valence-electron chi connectivity index (χ4n) is 13.7. The van der Waals surface area contributed by atoms with Gasteiger partial charge in [0, 0.05) is 39.8 Å². The molecule has 0 unspecified atom stereocenters. The van der Waals surface area contributed by atoms with Gasteiger partial charge in [-0.3, -0.25) is 0 Å². The Bertz CT molecular complexity index is 2000. The number of aliphatic hydroxyl groups excluding tert-OH is 1. The van der Waals surface area contributed by atoms with Gasteiger partial charge in [0.15, 0.2) is 5.79 Å². The first-order chi connectivity index (χ1) is 23.2. The molecule has 3 fully saturated rings. The topological polar surface area (TPSA) is 101 Å². The van der Waals surface area contributed by atoms with Crippen molar-refractivity contribution in [2.24, 2.45) is 28.6 Å². The molecule has 0 spiro atoms. The molecule has 10 atom stereocenters. The predicted molar refractivity (Wildman–Crippen MR) is 194 cm³/mol. The van der Waals surface area contributed by atoms with Gasteiger partial charge in [0.2, 0.25) is 0 Å². The fourth-order valence-corrected chi connectivity index (χ4v) is 13.7. The molecule has 1 saturated heterocycles. The van der Waals surface area contributed by atoms with E-state index in [0.29, 0.717) is 18.8 Å². The number of carbonyl (C=O) groups is 1. The van der Waals surface area contributed by atoms with Crippen molar-refractivity contribution in [3.05, 3.63) is 63.9 Å². The van der Waals surface area contributed by atoms with Crippen molar-refractivity contribution >= 4 is 22.4 Å². The van der Waals surface area contributed by atoms with E-state index in [4.69, 9.17) is 9.47 Å². The Hall–Kier alpha value is -2.71. The van der Waals surface area contributed by atoms with Gasteiger partial charge in [0.25, 0.3) is 0 Å². The molecule has 50 heavy (non-hydrogen) atoms. The van der Waals surface area contributed by atoms with E-state index in [2.05, 4.69) is 78.7 Å². The lowest BCUT2D eigenvalue weighted by Crippen LogP contribution is -2.65. The van der Waals surface area contributed by atoms with Gasteiger partial charge in [0.05, 0.1) is 35.0 Å². The number of rotatable bonds is 3. The maximum Gasteiger partial charge on any atom is 0.331 e. The molecule has 4 aliphatic carbocycles. The van der Waals surface area contributed by atoms with Crippen LogP contribution in [-0.4, -0.2) is 48.9 Å². The summed E-state index contributed by atoms with van der Waals surface area (Å²) in [6, 6.07) is 2.55. The summed E-state index contributed by atoms with van der Waals surface area (Å²) >= 11 is 0. The van der Waals surface area contributed by atoms with Crippen molar-refractivity contribution in [2.45, 2.75) is 148 Å². The minimum Gasteiger partial charge on any atom is -0.478 e. The van der Waals surface area contributed by atoms with Gasteiger partial charge in [-0.2, -0.15) is 0 Å². The minimum absolute atomic E-state index is 0.117.